The molecule has 1 nitrogen and oxygen atoms in total. The summed E-state index contributed by atoms with van der Waals surface area (Å²) in [7, 11) is 0. The molecule has 1 saturated heterocycles. The van der Waals surface area contributed by atoms with E-state index in [1.54, 1.807) is 0 Å². The van der Waals surface area contributed by atoms with Gasteiger partial charge in [0.25, 0.3) is 0 Å². The van der Waals surface area contributed by atoms with Crippen molar-refractivity contribution in [1.82, 2.24) is 0 Å². The lowest BCUT2D eigenvalue weighted by Gasteiger charge is -2.21. The van der Waals surface area contributed by atoms with Gasteiger partial charge in [0.05, 0.1) is 5.60 Å². The van der Waals surface area contributed by atoms with E-state index in [9.17, 15) is 5.11 Å². The molecule has 1 aliphatic heterocycles. The van der Waals surface area contributed by atoms with Gasteiger partial charge in [-0.25, -0.2) is 0 Å². The highest BCUT2D eigenvalue weighted by atomic mass is 32.2. The van der Waals surface area contributed by atoms with E-state index >= 15 is 0 Å². The molecule has 1 fully saturated rings. The monoisotopic (exact) mass is 194 g/mol. The van der Waals surface area contributed by atoms with E-state index in [0.29, 0.717) is 5.25 Å². The molecule has 1 aromatic carbocycles. The Kier molecular flexibility index (Phi) is 2.35. The first-order valence-corrected chi connectivity index (χ1v) is 5.65. The molecular formula is C11H14OS. The predicted octanol–water partition coefficient (Wildman–Crippen LogP) is 2.40. The Hall–Kier alpha value is -0.470. The van der Waals surface area contributed by atoms with Crippen molar-refractivity contribution in [3.8, 4) is 0 Å². The number of aliphatic hydroxyl groups is 1. The molecule has 2 unspecified atom stereocenters. The molecule has 13 heavy (non-hydrogen) atoms. The van der Waals surface area contributed by atoms with E-state index in [1.807, 2.05) is 42.1 Å². The third kappa shape index (κ3) is 1.74. The number of rotatable bonds is 1. The lowest BCUT2D eigenvalue weighted by molar-refractivity contribution is 0.0612. The van der Waals surface area contributed by atoms with E-state index in [1.165, 1.54) is 0 Å². The van der Waals surface area contributed by atoms with E-state index in [-0.39, 0.29) is 0 Å². The summed E-state index contributed by atoms with van der Waals surface area (Å²) in [5.74, 6) is 0.832. The summed E-state index contributed by atoms with van der Waals surface area (Å²) in [5.41, 5.74) is 0.484. The Morgan fingerprint density at radius 2 is 2.08 bits per heavy atom. The van der Waals surface area contributed by atoms with Gasteiger partial charge in [-0.15, -0.1) is 0 Å². The zero-order valence-electron chi connectivity index (χ0n) is 7.73. The molecule has 70 valence electrons. The fourth-order valence-electron chi connectivity index (χ4n) is 1.82. The highest BCUT2D eigenvalue weighted by Gasteiger charge is 2.37. The Bertz CT molecular complexity index is 285. The second kappa shape index (κ2) is 3.35. The zero-order valence-corrected chi connectivity index (χ0v) is 8.55. The van der Waals surface area contributed by atoms with Crippen LogP contribution >= 0.6 is 11.8 Å². The van der Waals surface area contributed by atoms with Crippen LogP contribution in [0.1, 0.15) is 18.9 Å². The Morgan fingerprint density at radius 3 is 2.62 bits per heavy atom. The number of hydrogen-bond donors (Lipinski definition) is 1. The topological polar surface area (TPSA) is 20.2 Å². The Morgan fingerprint density at radius 1 is 1.38 bits per heavy atom. The normalized spacial score (nSPS) is 33.5. The van der Waals surface area contributed by atoms with Gasteiger partial charge < -0.3 is 5.11 Å². The highest BCUT2D eigenvalue weighted by molar-refractivity contribution is 8.00. The van der Waals surface area contributed by atoms with Crippen LogP contribution < -0.4 is 0 Å². The van der Waals surface area contributed by atoms with Crippen LogP contribution in [0.3, 0.4) is 0 Å². The number of thioether (sulfide) groups is 1. The van der Waals surface area contributed by atoms with Gasteiger partial charge in [-0.05, 0) is 12.0 Å². The molecular weight excluding hydrogens is 180 g/mol. The largest absolute Gasteiger partial charge is 0.384 e. The Balaban J connectivity index is 2.26. The molecule has 0 saturated carbocycles. The maximum absolute atomic E-state index is 10.3. The molecule has 1 heterocycles. The maximum Gasteiger partial charge on any atom is 0.0997 e. The SMILES string of the molecule is CC1CC(O)(c2ccccc2)CS1. The second-order valence-electron chi connectivity index (χ2n) is 3.72. The fourth-order valence-corrected chi connectivity index (χ4v) is 3.06. The van der Waals surface area contributed by atoms with Crippen LogP contribution in [0.2, 0.25) is 0 Å². The molecule has 1 N–H and O–H groups in total. The number of hydrogen-bond acceptors (Lipinski definition) is 2. The van der Waals surface area contributed by atoms with Crippen LogP contribution in [-0.4, -0.2) is 16.1 Å². The van der Waals surface area contributed by atoms with Crippen molar-refractivity contribution in [3.05, 3.63) is 35.9 Å². The first-order valence-electron chi connectivity index (χ1n) is 4.60. The minimum absolute atomic E-state index is 0.574. The molecule has 0 aliphatic carbocycles. The summed E-state index contributed by atoms with van der Waals surface area (Å²) in [6.07, 6.45) is 0.877. The van der Waals surface area contributed by atoms with Crippen molar-refractivity contribution >= 4 is 11.8 Å². The molecule has 2 heteroatoms. The lowest BCUT2D eigenvalue weighted by Crippen LogP contribution is -2.25. The summed E-state index contributed by atoms with van der Waals surface area (Å²) < 4.78 is 0. The second-order valence-corrected chi connectivity index (χ2v) is 5.15. The van der Waals surface area contributed by atoms with E-state index in [2.05, 4.69) is 6.92 Å². The van der Waals surface area contributed by atoms with Crippen molar-refractivity contribution in [2.45, 2.75) is 24.2 Å². The minimum Gasteiger partial charge on any atom is -0.384 e. The zero-order chi connectivity index (χ0) is 9.31. The van der Waals surface area contributed by atoms with Crippen LogP contribution in [0.15, 0.2) is 30.3 Å². The van der Waals surface area contributed by atoms with E-state index in [4.69, 9.17) is 0 Å². The van der Waals surface area contributed by atoms with Gasteiger partial charge in [0.15, 0.2) is 0 Å². The molecule has 0 radical (unpaired) electrons. The fraction of sp³-hybridized carbons (Fsp3) is 0.455. The third-order valence-electron chi connectivity index (χ3n) is 2.54. The van der Waals surface area contributed by atoms with Gasteiger partial charge in [0.1, 0.15) is 0 Å². The minimum atomic E-state index is -0.578. The highest BCUT2D eigenvalue weighted by Crippen LogP contribution is 2.40. The summed E-state index contributed by atoms with van der Waals surface area (Å²) in [4.78, 5) is 0. The van der Waals surface area contributed by atoms with Gasteiger partial charge in [-0.3, -0.25) is 0 Å². The van der Waals surface area contributed by atoms with Gasteiger partial charge in [-0.2, -0.15) is 11.8 Å². The van der Waals surface area contributed by atoms with Crippen molar-refractivity contribution in [1.29, 1.82) is 0 Å². The maximum atomic E-state index is 10.3. The van der Waals surface area contributed by atoms with Crippen molar-refractivity contribution in [3.63, 3.8) is 0 Å². The van der Waals surface area contributed by atoms with E-state index < -0.39 is 5.60 Å². The van der Waals surface area contributed by atoms with Crippen molar-refractivity contribution in [2.75, 3.05) is 5.75 Å². The van der Waals surface area contributed by atoms with Gasteiger partial charge in [0.2, 0.25) is 0 Å². The summed E-state index contributed by atoms with van der Waals surface area (Å²) in [6.45, 7) is 2.17. The first-order chi connectivity index (χ1) is 6.21. The predicted molar refractivity (Wildman–Crippen MR) is 56.9 cm³/mol. The average Bonchev–Trinajstić information content (AvgIpc) is 2.49. The van der Waals surface area contributed by atoms with Gasteiger partial charge in [-0.1, -0.05) is 37.3 Å². The molecule has 0 amide bonds. The number of benzene rings is 1. The summed E-state index contributed by atoms with van der Waals surface area (Å²) in [6, 6.07) is 9.98. The molecule has 2 rings (SSSR count). The van der Waals surface area contributed by atoms with Crippen LogP contribution in [0.5, 0.6) is 0 Å². The molecule has 0 bridgehead atoms. The molecule has 0 spiro atoms. The first kappa shape index (κ1) is 9.10. The summed E-state index contributed by atoms with van der Waals surface area (Å²) >= 11 is 1.85. The third-order valence-corrected chi connectivity index (χ3v) is 3.92. The van der Waals surface area contributed by atoms with Crippen molar-refractivity contribution < 1.29 is 5.11 Å². The van der Waals surface area contributed by atoms with Gasteiger partial charge in [0, 0.05) is 11.0 Å². The van der Waals surface area contributed by atoms with Crippen LogP contribution in [0.25, 0.3) is 0 Å². The summed E-state index contributed by atoms with van der Waals surface area (Å²) in [5, 5.41) is 10.9. The van der Waals surface area contributed by atoms with Crippen LogP contribution in [0, 0.1) is 0 Å². The molecule has 1 aromatic rings. The quantitative estimate of drug-likeness (QED) is 0.741. The smallest absolute Gasteiger partial charge is 0.0997 e. The van der Waals surface area contributed by atoms with Gasteiger partial charge >= 0.3 is 0 Å². The standard InChI is InChI=1S/C11H14OS/c1-9-7-11(12,8-13-9)10-5-3-2-4-6-10/h2-6,9,12H,7-8H2,1H3. The lowest BCUT2D eigenvalue weighted by atomic mass is 9.92. The van der Waals surface area contributed by atoms with E-state index in [0.717, 1.165) is 17.7 Å². The average molecular weight is 194 g/mol. The molecule has 2 atom stereocenters. The van der Waals surface area contributed by atoms with Crippen LogP contribution in [-0.2, 0) is 5.60 Å². The van der Waals surface area contributed by atoms with Crippen LogP contribution in [0.4, 0.5) is 0 Å². The van der Waals surface area contributed by atoms with Crippen molar-refractivity contribution in [2.24, 2.45) is 0 Å². The molecule has 1 aliphatic rings. The molecule has 0 aromatic heterocycles. The Labute approximate surface area is 83.2 Å².